The molecule has 1 fully saturated rings. The Morgan fingerprint density at radius 1 is 1.06 bits per heavy atom. The number of anilines is 1. The Bertz CT molecular complexity index is 1020. The molecule has 1 aliphatic rings. The van der Waals surface area contributed by atoms with Gasteiger partial charge in [0.05, 0.1) is 24.7 Å². The predicted molar refractivity (Wildman–Crippen MR) is 124 cm³/mol. The summed E-state index contributed by atoms with van der Waals surface area (Å²) >= 11 is 5.20. The van der Waals surface area contributed by atoms with E-state index in [0.717, 1.165) is 0 Å². The molecule has 1 saturated heterocycles. The molecule has 9 nitrogen and oxygen atoms in total. The van der Waals surface area contributed by atoms with Crippen LogP contribution in [0.5, 0.6) is 5.75 Å². The quantitative estimate of drug-likeness (QED) is 0.437. The molecular weight excluding hydrogens is 454 g/mol. The number of carbonyl (C=O) groups is 1. The van der Waals surface area contributed by atoms with Gasteiger partial charge in [0.15, 0.2) is 5.11 Å². The zero-order chi connectivity index (χ0) is 23.0. The summed E-state index contributed by atoms with van der Waals surface area (Å²) in [5.74, 6) is 0.254. The zero-order valence-corrected chi connectivity index (χ0v) is 19.2. The highest BCUT2D eigenvalue weighted by Crippen LogP contribution is 2.19. The second kappa shape index (κ2) is 11.3. The molecule has 0 aliphatic carbocycles. The fourth-order valence-electron chi connectivity index (χ4n) is 2.93. The van der Waals surface area contributed by atoms with E-state index in [1.165, 1.54) is 16.4 Å². The van der Waals surface area contributed by atoms with Gasteiger partial charge in [0, 0.05) is 31.5 Å². The second-order valence-corrected chi connectivity index (χ2v) is 9.16. The number of ether oxygens (including phenoxy) is 3. The number of hydrogen-bond donors (Lipinski definition) is 2. The normalized spacial score (nSPS) is 14.5. The summed E-state index contributed by atoms with van der Waals surface area (Å²) in [6, 6.07) is 12.8. The Morgan fingerprint density at radius 2 is 1.72 bits per heavy atom. The molecule has 0 unspecified atom stereocenters. The molecule has 1 amide bonds. The van der Waals surface area contributed by atoms with Crippen LogP contribution in [0.3, 0.4) is 0 Å². The van der Waals surface area contributed by atoms with E-state index >= 15 is 0 Å². The first kappa shape index (κ1) is 24.1. The Labute approximate surface area is 192 Å². The van der Waals surface area contributed by atoms with Gasteiger partial charge in [-0.3, -0.25) is 10.1 Å². The van der Waals surface area contributed by atoms with Crippen LogP contribution in [-0.2, 0) is 19.5 Å². The number of morpholine rings is 1. The smallest absolute Gasteiger partial charge is 0.257 e. The third kappa shape index (κ3) is 6.47. The molecule has 2 aromatic rings. The van der Waals surface area contributed by atoms with Gasteiger partial charge in [-0.2, -0.15) is 4.31 Å². The Hall–Kier alpha value is -2.57. The number of thiocarbonyl (C=S) groups is 1. The van der Waals surface area contributed by atoms with Crippen molar-refractivity contribution < 1.29 is 27.4 Å². The molecule has 11 heteroatoms. The van der Waals surface area contributed by atoms with Gasteiger partial charge >= 0.3 is 0 Å². The number of hydrogen-bond acceptors (Lipinski definition) is 7. The van der Waals surface area contributed by atoms with E-state index in [0.29, 0.717) is 56.5 Å². The first-order valence-electron chi connectivity index (χ1n) is 9.92. The first-order chi connectivity index (χ1) is 15.4. The fraction of sp³-hybridized carbons (Fsp3) is 0.333. The van der Waals surface area contributed by atoms with E-state index in [9.17, 15) is 13.2 Å². The number of amides is 1. The predicted octanol–water partition coefficient (Wildman–Crippen LogP) is 1.86. The van der Waals surface area contributed by atoms with Crippen LogP contribution < -0.4 is 15.4 Å². The highest BCUT2D eigenvalue weighted by atomic mass is 32.2. The van der Waals surface area contributed by atoms with E-state index < -0.39 is 10.0 Å². The van der Waals surface area contributed by atoms with Crippen LogP contribution in [-0.4, -0.2) is 70.4 Å². The largest absolute Gasteiger partial charge is 0.491 e. The van der Waals surface area contributed by atoms with Gasteiger partial charge < -0.3 is 19.5 Å². The van der Waals surface area contributed by atoms with Gasteiger partial charge in [-0.15, -0.1) is 0 Å². The molecule has 0 radical (unpaired) electrons. The SMILES string of the molecule is COCCOc1ccc(C(=O)NC(=S)Nc2ccc(S(=O)(=O)N3CCOCC3)cc2)cc1. The lowest BCUT2D eigenvalue weighted by Gasteiger charge is -2.26. The standard InChI is InChI=1S/C21H25N3O6S2/c1-28-14-15-30-18-6-2-16(3-7-18)20(25)23-21(31)22-17-4-8-19(9-5-17)32(26,27)24-10-12-29-13-11-24/h2-9H,10-15H2,1H3,(H2,22,23,25,31). The maximum absolute atomic E-state index is 12.7. The lowest BCUT2D eigenvalue weighted by molar-refractivity contribution is 0.0730. The van der Waals surface area contributed by atoms with Crippen LogP contribution in [0, 0.1) is 0 Å². The summed E-state index contributed by atoms with van der Waals surface area (Å²) in [5.41, 5.74) is 0.971. The first-order valence-corrected chi connectivity index (χ1v) is 11.8. The Balaban J connectivity index is 1.53. The molecule has 0 aromatic heterocycles. The average Bonchev–Trinajstić information content (AvgIpc) is 2.80. The number of nitrogens with one attached hydrogen (secondary N) is 2. The maximum Gasteiger partial charge on any atom is 0.257 e. The monoisotopic (exact) mass is 479 g/mol. The fourth-order valence-corrected chi connectivity index (χ4v) is 4.55. The van der Waals surface area contributed by atoms with Gasteiger partial charge in [-0.25, -0.2) is 8.42 Å². The van der Waals surface area contributed by atoms with Crippen molar-refractivity contribution in [3.05, 3.63) is 54.1 Å². The van der Waals surface area contributed by atoms with Crippen LogP contribution in [0.1, 0.15) is 10.4 Å². The molecule has 0 saturated carbocycles. The molecule has 3 rings (SSSR count). The molecule has 1 heterocycles. The summed E-state index contributed by atoms with van der Waals surface area (Å²) in [4.78, 5) is 12.6. The van der Waals surface area contributed by atoms with Crippen LogP contribution >= 0.6 is 12.2 Å². The third-order valence-corrected chi connectivity index (χ3v) is 6.74. The van der Waals surface area contributed by atoms with Crippen molar-refractivity contribution in [2.75, 3.05) is 51.9 Å². The van der Waals surface area contributed by atoms with Crippen LogP contribution in [0.15, 0.2) is 53.4 Å². The highest BCUT2D eigenvalue weighted by Gasteiger charge is 2.26. The highest BCUT2D eigenvalue weighted by molar-refractivity contribution is 7.89. The van der Waals surface area contributed by atoms with E-state index in [4.69, 9.17) is 26.4 Å². The van der Waals surface area contributed by atoms with Gasteiger partial charge in [0.25, 0.3) is 5.91 Å². The van der Waals surface area contributed by atoms with Crippen molar-refractivity contribution >= 4 is 38.9 Å². The number of carbonyl (C=O) groups excluding carboxylic acids is 1. The van der Waals surface area contributed by atoms with Crippen molar-refractivity contribution in [1.29, 1.82) is 0 Å². The summed E-state index contributed by atoms with van der Waals surface area (Å²) in [5, 5.41) is 5.57. The number of sulfonamides is 1. The van der Waals surface area contributed by atoms with Crippen molar-refractivity contribution in [2.24, 2.45) is 0 Å². The van der Waals surface area contributed by atoms with Crippen molar-refractivity contribution in [3.8, 4) is 5.75 Å². The van der Waals surface area contributed by atoms with Gasteiger partial charge in [0.2, 0.25) is 10.0 Å². The average molecular weight is 480 g/mol. The van der Waals surface area contributed by atoms with Gasteiger partial charge in [-0.05, 0) is 60.7 Å². The van der Waals surface area contributed by atoms with Crippen molar-refractivity contribution in [2.45, 2.75) is 4.90 Å². The summed E-state index contributed by atoms with van der Waals surface area (Å²) in [6.07, 6.45) is 0. The number of benzene rings is 2. The van der Waals surface area contributed by atoms with E-state index in [-0.39, 0.29) is 15.9 Å². The Morgan fingerprint density at radius 3 is 2.34 bits per heavy atom. The summed E-state index contributed by atoms with van der Waals surface area (Å²) in [7, 11) is -1.97. The maximum atomic E-state index is 12.7. The molecule has 32 heavy (non-hydrogen) atoms. The second-order valence-electron chi connectivity index (χ2n) is 6.81. The molecule has 0 atom stereocenters. The third-order valence-electron chi connectivity index (χ3n) is 4.62. The van der Waals surface area contributed by atoms with Crippen LogP contribution in [0.4, 0.5) is 5.69 Å². The van der Waals surface area contributed by atoms with Crippen molar-refractivity contribution in [3.63, 3.8) is 0 Å². The van der Waals surface area contributed by atoms with Crippen LogP contribution in [0.2, 0.25) is 0 Å². The molecule has 0 spiro atoms. The van der Waals surface area contributed by atoms with Crippen molar-refractivity contribution in [1.82, 2.24) is 9.62 Å². The van der Waals surface area contributed by atoms with Gasteiger partial charge in [-0.1, -0.05) is 0 Å². The molecule has 2 aromatic carbocycles. The Kier molecular flexibility index (Phi) is 8.53. The zero-order valence-electron chi connectivity index (χ0n) is 17.6. The minimum atomic E-state index is -3.57. The van der Waals surface area contributed by atoms with E-state index in [1.54, 1.807) is 43.5 Å². The topological polar surface area (TPSA) is 106 Å². The summed E-state index contributed by atoms with van der Waals surface area (Å²) in [6.45, 7) is 2.33. The number of methoxy groups -OCH3 is 1. The van der Waals surface area contributed by atoms with Crippen LogP contribution in [0.25, 0.3) is 0 Å². The lowest BCUT2D eigenvalue weighted by atomic mass is 10.2. The number of rotatable bonds is 8. The molecule has 2 N–H and O–H groups in total. The molecule has 1 aliphatic heterocycles. The van der Waals surface area contributed by atoms with Gasteiger partial charge in [0.1, 0.15) is 12.4 Å². The minimum Gasteiger partial charge on any atom is -0.491 e. The van der Waals surface area contributed by atoms with E-state index in [2.05, 4.69) is 10.6 Å². The summed E-state index contributed by atoms with van der Waals surface area (Å²) < 4.78 is 42.3. The molecule has 172 valence electrons. The minimum absolute atomic E-state index is 0.0965. The molecular formula is C21H25N3O6S2. The van der Waals surface area contributed by atoms with E-state index in [1.807, 2.05) is 0 Å². The molecule has 0 bridgehead atoms. The number of nitrogens with zero attached hydrogens (tertiary/aromatic N) is 1. The lowest BCUT2D eigenvalue weighted by Crippen LogP contribution is -2.40.